The van der Waals surface area contributed by atoms with Gasteiger partial charge >= 0.3 is 0 Å². The summed E-state index contributed by atoms with van der Waals surface area (Å²) >= 11 is 0. The summed E-state index contributed by atoms with van der Waals surface area (Å²) in [4.78, 5) is 2.71. The molecule has 0 aliphatic carbocycles. The van der Waals surface area contributed by atoms with Crippen molar-refractivity contribution in [2.75, 3.05) is 0 Å². The second-order valence-electron chi connectivity index (χ2n) is 7.38. The van der Waals surface area contributed by atoms with Gasteiger partial charge in [-0.1, -0.05) is 78.9 Å². The maximum absolute atomic E-state index is 2.71. The molecular weight excluding hydrogens is 302 g/mol. The van der Waals surface area contributed by atoms with Gasteiger partial charge in [-0.3, -0.25) is 4.90 Å². The van der Waals surface area contributed by atoms with Crippen LogP contribution in [-0.2, 0) is 6.54 Å². The monoisotopic (exact) mass is 325 g/mol. The maximum atomic E-state index is 2.71. The Labute approximate surface area is 149 Å². The van der Waals surface area contributed by atoms with Gasteiger partial charge in [0.05, 0.1) is 0 Å². The van der Waals surface area contributed by atoms with Crippen LogP contribution in [0.5, 0.6) is 0 Å². The molecule has 0 amide bonds. The zero-order valence-electron chi connectivity index (χ0n) is 14.4. The molecule has 0 radical (unpaired) electrons. The topological polar surface area (TPSA) is 3.24 Å². The molecule has 2 atom stereocenters. The third-order valence-electron chi connectivity index (χ3n) is 5.88. The van der Waals surface area contributed by atoms with E-state index in [4.69, 9.17) is 0 Å². The molecule has 0 aromatic heterocycles. The summed E-state index contributed by atoms with van der Waals surface area (Å²) in [5.74, 6) is 0. The van der Waals surface area contributed by atoms with Crippen LogP contribution in [0.4, 0.5) is 0 Å². The van der Waals surface area contributed by atoms with Crippen LogP contribution in [0.1, 0.15) is 30.4 Å². The highest BCUT2D eigenvalue weighted by Crippen LogP contribution is 2.40. The Morgan fingerprint density at radius 2 is 1.60 bits per heavy atom. The van der Waals surface area contributed by atoms with E-state index in [1.54, 1.807) is 5.57 Å². The maximum Gasteiger partial charge on any atom is 0.0291 e. The molecule has 2 aliphatic heterocycles. The highest BCUT2D eigenvalue weighted by atomic mass is 15.2. The molecule has 3 aromatic carbocycles. The zero-order chi connectivity index (χ0) is 16.6. The van der Waals surface area contributed by atoms with Crippen LogP contribution in [0.25, 0.3) is 16.3 Å². The Bertz CT molecular complexity index is 920. The number of fused-ring (bicyclic) bond motifs is 3. The molecule has 3 aromatic rings. The molecule has 0 N–H and O–H groups in total. The van der Waals surface area contributed by atoms with E-state index in [2.05, 4.69) is 83.8 Å². The number of nitrogens with zero attached hydrogens (tertiary/aromatic N) is 1. The first-order valence-electron chi connectivity index (χ1n) is 9.37. The lowest BCUT2D eigenvalue weighted by Crippen LogP contribution is -2.37. The van der Waals surface area contributed by atoms with Crippen molar-refractivity contribution in [1.82, 2.24) is 4.90 Å². The van der Waals surface area contributed by atoms with E-state index in [9.17, 15) is 0 Å². The summed E-state index contributed by atoms with van der Waals surface area (Å²) < 4.78 is 0. The molecule has 2 unspecified atom stereocenters. The molecule has 0 spiro atoms. The molecule has 2 heterocycles. The van der Waals surface area contributed by atoms with Gasteiger partial charge in [0.1, 0.15) is 0 Å². The minimum absolute atomic E-state index is 0.591. The van der Waals surface area contributed by atoms with Crippen LogP contribution >= 0.6 is 0 Å². The van der Waals surface area contributed by atoms with E-state index in [0.717, 1.165) is 6.54 Å². The van der Waals surface area contributed by atoms with Crippen LogP contribution < -0.4 is 0 Å². The summed E-state index contributed by atoms with van der Waals surface area (Å²) in [6.07, 6.45) is 6.35. The smallest absolute Gasteiger partial charge is 0.0291 e. The quantitative estimate of drug-likeness (QED) is 0.600. The van der Waals surface area contributed by atoms with E-state index in [0.29, 0.717) is 12.1 Å². The first kappa shape index (κ1) is 14.9. The van der Waals surface area contributed by atoms with Gasteiger partial charge in [-0.05, 0) is 46.7 Å². The zero-order valence-corrected chi connectivity index (χ0v) is 14.4. The van der Waals surface area contributed by atoms with Crippen molar-refractivity contribution in [2.24, 2.45) is 0 Å². The fraction of sp³-hybridized carbons (Fsp3) is 0.250. The minimum atomic E-state index is 0.591. The van der Waals surface area contributed by atoms with Crippen molar-refractivity contribution in [2.45, 2.75) is 37.9 Å². The van der Waals surface area contributed by atoms with Crippen molar-refractivity contribution in [3.05, 3.63) is 90.0 Å². The normalized spacial score (nSPS) is 23.0. The van der Waals surface area contributed by atoms with Gasteiger partial charge in [-0.15, -0.1) is 0 Å². The average Bonchev–Trinajstić information content (AvgIpc) is 2.90. The van der Waals surface area contributed by atoms with Crippen molar-refractivity contribution < 1.29 is 0 Å². The van der Waals surface area contributed by atoms with Gasteiger partial charge in [0.25, 0.3) is 0 Å². The fourth-order valence-electron chi connectivity index (χ4n) is 4.66. The van der Waals surface area contributed by atoms with Crippen molar-refractivity contribution in [1.29, 1.82) is 0 Å². The summed E-state index contributed by atoms with van der Waals surface area (Å²) in [7, 11) is 0. The average molecular weight is 325 g/mol. The number of benzene rings is 3. The molecule has 124 valence electrons. The van der Waals surface area contributed by atoms with Gasteiger partial charge in [-0.25, -0.2) is 0 Å². The summed E-state index contributed by atoms with van der Waals surface area (Å²) in [6.45, 7) is 1.08. The second-order valence-corrected chi connectivity index (χ2v) is 7.38. The summed E-state index contributed by atoms with van der Waals surface area (Å²) in [5.41, 5.74) is 4.42. The SMILES string of the molecule is C1=C(c2cccc3ccccc23)CC2CCC1N2Cc1ccccc1. The highest BCUT2D eigenvalue weighted by molar-refractivity contribution is 5.94. The lowest BCUT2D eigenvalue weighted by atomic mass is 9.91. The van der Waals surface area contributed by atoms with Crippen LogP contribution in [-0.4, -0.2) is 17.0 Å². The lowest BCUT2D eigenvalue weighted by molar-refractivity contribution is 0.203. The van der Waals surface area contributed by atoms with Crippen LogP contribution in [0, 0.1) is 0 Å². The molecular formula is C24H23N. The summed E-state index contributed by atoms with van der Waals surface area (Å²) in [6, 6.07) is 27.7. The number of rotatable bonds is 3. The van der Waals surface area contributed by atoms with E-state index in [1.165, 1.54) is 41.2 Å². The number of hydrogen-bond acceptors (Lipinski definition) is 1. The lowest BCUT2D eigenvalue weighted by Gasteiger charge is -2.34. The van der Waals surface area contributed by atoms with Gasteiger partial charge in [0.15, 0.2) is 0 Å². The molecule has 2 bridgehead atoms. The Morgan fingerprint density at radius 3 is 2.48 bits per heavy atom. The van der Waals surface area contributed by atoms with E-state index in [-0.39, 0.29) is 0 Å². The van der Waals surface area contributed by atoms with E-state index < -0.39 is 0 Å². The van der Waals surface area contributed by atoms with Gasteiger partial charge in [-0.2, -0.15) is 0 Å². The first-order chi connectivity index (χ1) is 12.4. The van der Waals surface area contributed by atoms with Crippen molar-refractivity contribution >= 4 is 16.3 Å². The molecule has 25 heavy (non-hydrogen) atoms. The molecule has 5 rings (SSSR count). The van der Waals surface area contributed by atoms with Crippen LogP contribution in [0.15, 0.2) is 78.9 Å². The predicted octanol–water partition coefficient (Wildman–Crippen LogP) is 5.66. The van der Waals surface area contributed by atoms with Gasteiger partial charge in [0.2, 0.25) is 0 Å². The molecule has 1 heteroatoms. The molecule has 1 fully saturated rings. The van der Waals surface area contributed by atoms with Crippen LogP contribution in [0.2, 0.25) is 0 Å². The first-order valence-corrected chi connectivity index (χ1v) is 9.37. The third-order valence-corrected chi connectivity index (χ3v) is 5.88. The largest absolute Gasteiger partial charge is 0.289 e. The second kappa shape index (κ2) is 6.16. The minimum Gasteiger partial charge on any atom is -0.289 e. The highest BCUT2D eigenvalue weighted by Gasteiger charge is 2.36. The van der Waals surface area contributed by atoms with E-state index in [1.807, 2.05) is 0 Å². The Balaban J connectivity index is 1.48. The predicted molar refractivity (Wildman–Crippen MR) is 105 cm³/mol. The standard InChI is InChI=1S/C24H23N/c1-2-7-18(8-3-1)17-25-21-13-14-22(25)16-20(15-21)24-12-6-10-19-9-4-5-11-23(19)24/h1-12,15,21-22H,13-14,16-17H2. The van der Waals surface area contributed by atoms with Gasteiger partial charge < -0.3 is 0 Å². The van der Waals surface area contributed by atoms with E-state index >= 15 is 0 Å². The molecule has 2 aliphatic rings. The molecule has 1 saturated heterocycles. The fourth-order valence-corrected chi connectivity index (χ4v) is 4.66. The van der Waals surface area contributed by atoms with Crippen LogP contribution in [0.3, 0.4) is 0 Å². The Morgan fingerprint density at radius 1 is 0.800 bits per heavy atom. The molecule has 0 saturated carbocycles. The van der Waals surface area contributed by atoms with Crippen molar-refractivity contribution in [3.63, 3.8) is 0 Å². The Hall–Kier alpha value is -2.38. The molecule has 1 nitrogen and oxygen atoms in total. The van der Waals surface area contributed by atoms with Gasteiger partial charge in [0, 0.05) is 18.6 Å². The third kappa shape index (κ3) is 2.69. The number of hydrogen-bond donors (Lipinski definition) is 0. The Kier molecular flexibility index (Phi) is 3.68. The summed E-state index contributed by atoms with van der Waals surface area (Å²) in [5, 5.41) is 2.74. The van der Waals surface area contributed by atoms with Crippen molar-refractivity contribution in [3.8, 4) is 0 Å².